The number of carbonyl (C=O) groups is 2. The van der Waals surface area contributed by atoms with Gasteiger partial charge in [0, 0.05) is 11.5 Å². The van der Waals surface area contributed by atoms with Crippen molar-refractivity contribution in [2.75, 3.05) is 0 Å². The molecule has 3 rings (SSSR count). The van der Waals surface area contributed by atoms with E-state index < -0.39 is 0 Å². The summed E-state index contributed by atoms with van der Waals surface area (Å²) >= 11 is 0. The van der Waals surface area contributed by atoms with Crippen molar-refractivity contribution in [3.05, 3.63) is 23.8 Å². The monoisotopic (exact) mass is 262 g/mol. The Morgan fingerprint density at radius 3 is 3.05 bits per heavy atom. The predicted molar refractivity (Wildman–Crippen MR) is 68.4 cm³/mol. The quantitative estimate of drug-likeness (QED) is 0.313. The molecule has 0 radical (unpaired) electrons. The molecule has 4 nitrogen and oxygen atoms in total. The molecule has 1 aliphatic carbocycles. The number of aldehydes is 1. The van der Waals surface area contributed by atoms with Gasteiger partial charge in [-0.05, 0) is 38.2 Å². The molecule has 2 heterocycles. The lowest BCUT2D eigenvalue weighted by molar-refractivity contribution is -0.140. The Kier molecular flexibility index (Phi) is 2.86. The summed E-state index contributed by atoms with van der Waals surface area (Å²) in [6.07, 6.45) is 5.71. The molecule has 0 aromatic rings. The number of ether oxygens (including phenoxy) is 2. The van der Waals surface area contributed by atoms with E-state index in [9.17, 15) is 9.59 Å². The molecule has 2 fully saturated rings. The van der Waals surface area contributed by atoms with Crippen molar-refractivity contribution in [3.63, 3.8) is 0 Å². The maximum Gasteiger partial charge on any atom is 0.334 e. The van der Waals surface area contributed by atoms with Crippen molar-refractivity contribution in [1.29, 1.82) is 0 Å². The molecule has 0 aromatic heterocycles. The largest absolute Gasteiger partial charge is 0.455 e. The Balaban J connectivity index is 1.88. The van der Waals surface area contributed by atoms with Gasteiger partial charge in [0.05, 0.1) is 5.60 Å². The van der Waals surface area contributed by atoms with Crippen LogP contribution in [-0.4, -0.2) is 30.1 Å². The zero-order chi connectivity index (χ0) is 13.6. The van der Waals surface area contributed by atoms with Crippen LogP contribution in [0.2, 0.25) is 0 Å². The lowest BCUT2D eigenvalue weighted by atomic mass is 9.84. The molecule has 0 spiro atoms. The molecular weight excluding hydrogens is 244 g/mol. The first kappa shape index (κ1) is 12.6. The van der Waals surface area contributed by atoms with Crippen molar-refractivity contribution < 1.29 is 19.1 Å². The van der Waals surface area contributed by atoms with Crippen molar-refractivity contribution in [2.45, 2.75) is 50.4 Å². The normalized spacial score (nSPS) is 41.7. The number of hydrogen-bond acceptors (Lipinski definition) is 4. The number of esters is 1. The highest BCUT2D eigenvalue weighted by molar-refractivity contribution is 5.91. The fourth-order valence-corrected chi connectivity index (χ4v) is 3.19. The first-order valence-electron chi connectivity index (χ1n) is 6.77. The molecule has 0 unspecified atom stereocenters. The molecule has 4 atom stereocenters. The van der Waals surface area contributed by atoms with Gasteiger partial charge in [0.2, 0.25) is 0 Å². The number of carbonyl (C=O) groups excluding carboxylic acids is 2. The van der Waals surface area contributed by atoms with Crippen LogP contribution >= 0.6 is 0 Å². The highest BCUT2D eigenvalue weighted by Gasteiger charge is 2.61. The average Bonchev–Trinajstić information content (AvgIpc) is 2.97. The number of rotatable bonds is 1. The molecule has 0 bridgehead atoms. The standard InChI is InChI=1S/C15H18O4/c1-9-11-6-5-10(8-16)4-3-7-15(2)13(19-15)12(11)18-14(9)17/h4,8,11-13H,1,3,5-7H2,2H3/t11-,12-,13-,15+/m0/s1. The van der Waals surface area contributed by atoms with Crippen LogP contribution in [-0.2, 0) is 19.1 Å². The van der Waals surface area contributed by atoms with Gasteiger partial charge in [0.25, 0.3) is 0 Å². The minimum absolute atomic E-state index is 0.0214. The third-order valence-corrected chi connectivity index (χ3v) is 4.53. The summed E-state index contributed by atoms with van der Waals surface area (Å²) in [4.78, 5) is 22.7. The van der Waals surface area contributed by atoms with Gasteiger partial charge >= 0.3 is 5.97 Å². The van der Waals surface area contributed by atoms with E-state index in [0.717, 1.165) is 31.1 Å². The first-order valence-corrected chi connectivity index (χ1v) is 6.77. The molecular formula is C15H18O4. The van der Waals surface area contributed by atoms with Crippen LogP contribution < -0.4 is 0 Å². The summed E-state index contributed by atoms with van der Waals surface area (Å²) in [6.45, 7) is 5.88. The van der Waals surface area contributed by atoms with E-state index in [1.807, 2.05) is 13.0 Å². The Bertz CT molecular complexity index is 479. The second-order valence-electron chi connectivity index (χ2n) is 5.83. The SMILES string of the molecule is C=C1C(=O)O[C@H]2[C@H]1CCC(C=O)=CCC[C@@]1(C)O[C@@H]21. The summed E-state index contributed by atoms with van der Waals surface area (Å²) in [5.41, 5.74) is 1.10. The highest BCUT2D eigenvalue weighted by atomic mass is 16.6. The molecule has 2 saturated heterocycles. The van der Waals surface area contributed by atoms with Gasteiger partial charge in [0.15, 0.2) is 0 Å². The molecule has 102 valence electrons. The van der Waals surface area contributed by atoms with Gasteiger partial charge in [0.1, 0.15) is 18.5 Å². The molecule has 0 saturated carbocycles. The first-order chi connectivity index (χ1) is 9.05. The Morgan fingerprint density at radius 2 is 2.32 bits per heavy atom. The zero-order valence-electron chi connectivity index (χ0n) is 11.1. The maximum atomic E-state index is 11.7. The number of allylic oxidation sites excluding steroid dienone is 2. The van der Waals surface area contributed by atoms with Gasteiger partial charge in [-0.15, -0.1) is 0 Å². The van der Waals surface area contributed by atoms with Gasteiger partial charge in [-0.25, -0.2) is 4.79 Å². The van der Waals surface area contributed by atoms with E-state index in [4.69, 9.17) is 9.47 Å². The molecule has 4 heteroatoms. The lowest BCUT2D eigenvalue weighted by Crippen LogP contribution is -2.28. The maximum absolute atomic E-state index is 11.7. The minimum Gasteiger partial charge on any atom is -0.455 e. The second kappa shape index (κ2) is 4.30. The van der Waals surface area contributed by atoms with Crippen LogP contribution in [0.15, 0.2) is 23.8 Å². The molecule has 0 N–H and O–H groups in total. The summed E-state index contributed by atoms with van der Waals surface area (Å²) in [5.74, 6) is -0.343. The molecule has 0 aromatic carbocycles. The number of epoxide rings is 1. The van der Waals surface area contributed by atoms with E-state index >= 15 is 0 Å². The van der Waals surface area contributed by atoms with E-state index in [2.05, 4.69) is 6.58 Å². The second-order valence-corrected chi connectivity index (χ2v) is 5.83. The average molecular weight is 262 g/mol. The summed E-state index contributed by atoms with van der Waals surface area (Å²) in [5, 5.41) is 0. The van der Waals surface area contributed by atoms with E-state index in [1.54, 1.807) is 0 Å². The molecule has 2 aliphatic heterocycles. The van der Waals surface area contributed by atoms with Crippen molar-refractivity contribution in [3.8, 4) is 0 Å². The van der Waals surface area contributed by atoms with E-state index in [1.165, 1.54) is 0 Å². The predicted octanol–water partition coefficient (Wildman–Crippen LogP) is 1.94. The van der Waals surface area contributed by atoms with Crippen LogP contribution in [0, 0.1) is 5.92 Å². The van der Waals surface area contributed by atoms with Crippen LogP contribution in [0.4, 0.5) is 0 Å². The smallest absolute Gasteiger partial charge is 0.334 e. The van der Waals surface area contributed by atoms with E-state index in [0.29, 0.717) is 12.0 Å². The molecule has 3 aliphatic rings. The third kappa shape index (κ3) is 2.04. The Labute approximate surface area is 112 Å². The molecule has 19 heavy (non-hydrogen) atoms. The van der Waals surface area contributed by atoms with Gasteiger partial charge in [-0.1, -0.05) is 12.7 Å². The number of fused-ring (bicyclic) bond motifs is 3. The van der Waals surface area contributed by atoms with Crippen LogP contribution in [0.25, 0.3) is 0 Å². The van der Waals surface area contributed by atoms with Crippen LogP contribution in [0.5, 0.6) is 0 Å². The fraction of sp³-hybridized carbons (Fsp3) is 0.600. The van der Waals surface area contributed by atoms with Crippen molar-refractivity contribution >= 4 is 12.3 Å². The minimum atomic E-state index is -0.316. The van der Waals surface area contributed by atoms with Crippen molar-refractivity contribution in [1.82, 2.24) is 0 Å². The van der Waals surface area contributed by atoms with E-state index in [-0.39, 0.29) is 29.7 Å². The summed E-state index contributed by atoms with van der Waals surface area (Å²) < 4.78 is 11.2. The van der Waals surface area contributed by atoms with Gasteiger partial charge < -0.3 is 9.47 Å². The zero-order valence-corrected chi connectivity index (χ0v) is 11.1. The van der Waals surface area contributed by atoms with Crippen molar-refractivity contribution in [2.24, 2.45) is 5.92 Å². The lowest BCUT2D eigenvalue weighted by Gasteiger charge is -2.18. The van der Waals surface area contributed by atoms with Gasteiger partial charge in [-0.2, -0.15) is 0 Å². The highest BCUT2D eigenvalue weighted by Crippen LogP contribution is 2.49. The fourth-order valence-electron chi connectivity index (χ4n) is 3.19. The van der Waals surface area contributed by atoms with Crippen LogP contribution in [0.1, 0.15) is 32.6 Å². The van der Waals surface area contributed by atoms with Crippen LogP contribution in [0.3, 0.4) is 0 Å². The number of hydrogen-bond donors (Lipinski definition) is 0. The Morgan fingerprint density at radius 1 is 1.53 bits per heavy atom. The molecule has 0 amide bonds. The van der Waals surface area contributed by atoms with Gasteiger partial charge in [-0.3, -0.25) is 4.79 Å². The summed E-state index contributed by atoms with van der Waals surface area (Å²) in [6, 6.07) is 0. The summed E-state index contributed by atoms with van der Waals surface area (Å²) in [7, 11) is 0. The Hall–Kier alpha value is -1.42. The third-order valence-electron chi connectivity index (χ3n) is 4.53. The topological polar surface area (TPSA) is 55.9 Å².